The molecule has 1 aliphatic carbocycles. The normalized spacial score (nSPS) is 21.0. The Bertz CT molecular complexity index is 883. The maximum absolute atomic E-state index is 12.6. The Labute approximate surface area is 162 Å². The maximum Gasteiger partial charge on any atom is 0.327 e. The van der Waals surface area contributed by atoms with Gasteiger partial charge in [-0.25, -0.2) is 9.78 Å². The summed E-state index contributed by atoms with van der Waals surface area (Å²) in [7, 11) is 0. The van der Waals surface area contributed by atoms with Crippen LogP contribution in [0, 0.1) is 13.8 Å². The minimum atomic E-state index is -0.197. The molecule has 1 aromatic heterocycles. The lowest BCUT2D eigenvalue weighted by molar-refractivity contribution is -0.133. The van der Waals surface area contributed by atoms with Crippen molar-refractivity contribution in [2.45, 2.75) is 58.2 Å². The van der Waals surface area contributed by atoms with E-state index in [-0.39, 0.29) is 48.6 Å². The van der Waals surface area contributed by atoms with E-state index in [1.165, 1.54) is 15.8 Å². The summed E-state index contributed by atoms with van der Waals surface area (Å²) in [5.41, 5.74) is 1.02. The molecule has 3 heterocycles. The molecule has 0 N–H and O–H groups in total. The molecular weight excluding hydrogens is 362 g/mol. The van der Waals surface area contributed by atoms with Gasteiger partial charge in [0.25, 0.3) is 11.5 Å². The van der Waals surface area contributed by atoms with Crippen molar-refractivity contribution in [3.63, 3.8) is 0 Å². The lowest BCUT2D eigenvalue weighted by atomic mass is 10.0. The number of hydrogen-bond donors (Lipinski definition) is 0. The summed E-state index contributed by atoms with van der Waals surface area (Å²) in [4.78, 5) is 58.5. The number of carbonyl (C=O) groups is 3. The number of piperidine rings is 1. The highest BCUT2D eigenvalue weighted by Crippen LogP contribution is 2.32. The molecule has 150 valence electrons. The van der Waals surface area contributed by atoms with Crippen molar-refractivity contribution in [3.8, 4) is 0 Å². The van der Waals surface area contributed by atoms with Crippen molar-refractivity contribution in [1.29, 1.82) is 0 Å². The second kappa shape index (κ2) is 7.03. The molecule has 3 fully saturated rings. The fourth-order valence-corrected chi connectivity index (χ4v) is 3.97. The van der Waals surface area contributed by atoms with Crippen LogP contribution in [-0.4, -0.2) is 73.8 Å². The van der Waals surface area contributed by atoms with Crippen molar-refractivity contribution in [1.82, 2.24) is 24.3 Å². The summed E-state index contributed by atoms with van der Waals surface area (Å²) in [6.07, 6.45) is 4.51. The van der Waals surface area contributed by atoms with Crippen LogP contribution in [0.5, 0.6) is 0 Å². The Balaban J connectivity index is 1.35. The number of aryl methyl sites for hydroxylation is 1. The van der Waals surface area contributed by atoms with Gasteiger partial charge in [-0.15, -0.1) is 0 Å². The zero-order chi connectivity index (χ0) is 20.0. The third-order valence-corrected chi connectivity index (χ3v) is 6.02. The van der Waals surface area contributed by atoms with Crippen LogP contribution in [0.1, 0.15) is 36.9 Å². The second-order valence-corrected chi connectivity index (χ2v) is 7.91. The van der Waals surface area contributed by atoms with Gasteiger partial charge in [0.1, 0.15) is 13.1 Å². The van der Waals surface area contributed by atoms with Crippen molar-refractivity contribution in [2.75, 3.05) is 19.6 Å². The standard InChI is InChI=1S/C19H25N5O4/c1-12-13(2)20-11-22(18(12)27)9-16(25)21-7-5-14(6-8-21)23-10-17(26)24(19(23)28)15-3-4-15/h11,14-15H,3-10H2,1-2H3. The Morgan fingerprint density at radius 3 is 2.39 bits per heavy atom. The van der Waals surface area contributed by atoms with E-state index in [9.17, 15) is 19.2 Å². The highest BCUT2D eigenvalue weighted by atomic mass is 16.2. The Morgan fingerprint density at radius 1 is 1.07 bits per heavy atom. The van der Waals surface area contributed by atoms with Crippen LogP contribution in [0.4, 0.5) is 4.79 Å². The molecule has 0 aromatic carbocycles. The van der Waals surface area contributed by atoms with Gasteiger partial charge >= 0.3 is 6.03 Å². The SMILES string of the molecule is Cc1ncn(CC(=O)N2CCC(N3CC(=O)N(C4CC4)C3=O)CC2)c(=O)c1C. The second-order valence-electron chi connectivity index (χ2n) is 7.91. The van der Waals surface area contributed by atoms with Gasteiger partial charge in [-0.2, -0.15) is 0 Å². The van der Waals surface area contributed by atoms with E-state index in [0.29, 0.717) is 37.2 Å². The molecule has 1 aromatic rings. The topological polar surface area (TPSA) is 95.8 Å². The number of carbonyl (C=O) groups excluding carboxylic acids is 3. The van der Waals surface area contributed by atoms with Crippen molar-refractivity contribution >= 4 is 17.8 Å². The van der Waals surface area contributed by atoms with Crippen molar-refractivity contribution < 1.29 is 14.4 Å². The minimum absolute atomic E-state index is 0.0183. The summed E-state index contributed by atoms with van der Waals surface area (Å²) in [5, 5.41) is 0. The lowest BCUT2D eigenvalue weighted by Gasteiger charge is -2.36. The molecule has 3 aliphatic rings. The molecule has 1 saturated carbocycles. The van der Waals surface area contributed by atoms with Crippen LogP contribution in [0.2, 0.25) is 0 Å². The van der Waals surface area contributed by atoms with Crippen LogP contribution in [0.3, 0.4) is 0 Å². The smallest absolute Gasteiger partial charge is 0.327 e. The van der Waals surface area contributed by atoms with Gasteiger partial charge in [0.2, 0.25) is 5.91 Å². The summed E-state index contributed by atoms with van der Waals surface area (Å²) >= 11 is 0. The van der Waals surface area contributed by atoms with Crippen LogP contribution < -0.4 is 5.56 Å². The van der Waals surface area contributed by atoms with E-state index >= 15 is 0 Å². The average molecular weight is 387 g/mol. The van der Waals surface area contributed by atoms with Gasteiger partial charge in [0.05, 0.1) is 6.33 Å². The van der Waals surface area contributed by atoms with Gasteiger partial charge in [0.15, 0.2) is 0 Å². The number of hydrogen-bond acceptors (Lipinski definition) is 5. The van der Waals surface area contributed by atoms with Crippen LogP contribution in [-0.2, 0) is 16.1 Å². The fraction of sp³-hybridized carbons (Fsp3) is 0.632. The van der Waals surface area contributed by atoms with Crippen LogP contribution >= 0.6 is 0 Å². The Morgan fingerprint density at radius 2 is 1.75 bits per heavy atom. The average Bonchev–Trinajstić information content (AvgIpc) is 3.47. The van der Waals surface area contributed by atoms with Gasteiger partial charge in [-0.1, -0.05) is 0 Å². The molecule has 28 heavy (non-hydrogen) atoms. The first-order valence-electron chi connectivity index (χ1n) is 9.80. The molecule has 4 rings (SSSR count). The van der Waals surface area contributed by atoms with Crippen LogP contribution in [0.25, 0.3) is 0 Å². The number of rotatable bonds is 4. The zero-order valence-electron chi connectivity index (χ0n) is 16.3. The predicted molar refractivity (Wildman–Crippen MR) is 99.5 cm³/mol. The molecule has 9 heteroatoms. The van der Waals surface area contributed by atoms with Crippen LogP contribution in [0.15, 0.2) is 11.1 Å². The van der Waals surface area contributed by atoms with E-state index in [2.05, 4.69) is 4.98 Å². The van der Waals surface area contributed by atoms with Crippen molar-refractivity contribution in [3.05, 3.63) is 27.9 Å². The Kier molecular flexibility index (Phi) is 4.68. The maximum atomic E-state index is 12.6. The highest BCUT2D eigenvalue weighted by Gasteiger charge is 2.47. The summed E-state index contributed by atoms with van der Waals surface area (Å²) < 4.78 is 1.34. The molecule has 0 spiro atoms. The van der Waals surface area contributed by atoms with E-state index in [1.807, 2.05) is 0 Å². The minimum Gasteiger partial charge on any atom is -0.341 e. The number of nitrogens with zero attached hydrogens (tertiary/aromatic N) is 5. The van der Waals surface area contributed by atoms with E-state index in [0.717, 1.165) is 12.8 Å². The number of likely N-dealkylation sites (tertiary alicyclic amines) is 1. The van der Waals surface area contributed by atoms with E-state index in [1.54, 1.807) is 23.6 Å². The predicted octanol–water partition coefficient (Wildman–Crippen LogP) is 0.278. The fourth-order valence-electron chi connectivity index (χ4n) is 3.97. The molecule has 2 saturated heterocycles. The highest BCUT2D eigenvalue weighted by molar-refractivity contribution is 6.02. The third-order valence-electron chi connectivity index (χ3n) is 6.02. The number of amides is 4. The van der Waals surface area contributed by atoms with E-state index in [4.69, 9.17) is 0 Å². The van der Waals surface area contributed by atoms with Gasteiger partial charge < -0.3 is 9.80 Å². The summed E-state index contributed by atoms with van der Waals surface area (Å²) in [6.45, 7) is 4.61. The van der Waals surface area contributed by atoms with E-state index < -0.39 is 0 Å². The molecule has 2 aliphatic heterocycles. The molecule has 0 bridgehead atoms. The third kappa shape index (κ3) is 3.29. The van der Waals surface area contributed by atoms with Crippen molar-refractivity contribution in [2.24, 2.45) is 0 Å². The zero-order valence-corrected chi connectivity index (χ0v) is 16.3. The van der Waals surface area contributed by atoms with Gasteiger partial charge in [-0.05, 0) is 39.5 Å². The number of aromatic nitrogens is 2. The molecule has 9 nitrogen and oxygen atoms in total. The first-order chi connectivity index (χ1) is 13.4. The number of imide groups is 1. The molecule has 0 unspecified atom stereocenters. The molecule has 0 atom stereocenters. The first-order valence-corrected chi connectivity index (χ1v) is 9.80. The summed E-state index contributed by atoms with van der Waals surface area (Å²) in [6, 6.07) is -0.100. The lowest BCUT2D eigenvalue weighted by Crippen LogP contribution is -2.49. The largest absolute Gasteiger partial charge is 0.341 e. The number of urea groups is 1. The van der Waals surface area contributed by atoms with Gasteiger partial charge in [0, 0.05) is 36.4 Å². The molecule has 0 radical (unpaired) electrons. The monoisotopic (exact) mass is 387 g/mol. The first kappa shape index (κ1) is 18.6. The molecular formula is C19H25N5O4. The summed E-state index contributed by atoms with van der Waals surface area (Å²) in [5.74, 6) is -0.235. The quantitative estimate of drug-likeness (QED) is 0.692. The Hall–Kier alpha value is -2.71. The van der Waals surface area contributed by atoms with Gasteiger partial charge in [-0.3, -0.25) is 23.9 Å². The molecule has 4 amide bonds.